The minimum absolute atomic E-state index is 0.121. The maximum atomic E-state index is 6.59. The van der Waals surface area contributed by atoms with Crippen LogP contribution in [-0.4, -0.2) is 6.72 Å². The Balaban J connectivity index is 0.000000149. The molecule has 0 radical (unpaired) electrons. The topological polar surface area (TPSA) is 49.9 Å². The first-order valence-corrected chi connectivity index (χ1v) is 20.0. The molecular formula is C51H40N2S2. The first kappa shape index (κ1) is 35.8. The Hall–Kier alpha value is -6.17. The van der Waals surface area contributed by atoms with Crippen LogP contribution in [-0.2, 0) is 0 Å². The van der Waals surface area contributed by atoms with Gasteiger partial charge in [0.25, 0.3) is 0 Å². The number of hydrogen-bond donors (Lipinski definition) is 2. The van der Waals surface area contributed by atoms with Crippen molar-refractivity contribution in [3.8, 4) is 33.4 Å². The second-order valence-electron chi connectivity index (χ2n) is 13.6. The van der Waals surface area contributed by atoms with Crippen LogP contribution in [0.2, 0.25) is 0 Å². The lowest BCUT2D eigenvalue weighted by Gasteiger charge is -2.13. The Labute approximate surface area is 330 Å². The van der Waals surface area contributed by atoms with E-state index < -0.39 is 0 Å². The lowest BCUT2D eigenvalue weighted by Crippen LogP contribution is -2.11. The van der Waals surface area contributed by atoms with E-state index in [9.17, 15) is 0 Å². The number of nitrogens with one attached hydrogen (secondary N) is 1. The molecule has 55 heavy (non-hydrogen) atoms. The van der Waals surface area contributed by atoms with Gasteiger partial charge in [0.2, 0.25) is 0 Å². The van der Waals surface area contributed by atoms with Crippen LogP contribution in [0.4, 0.5) is 0 Å². The number of rotatable bonds is 5. The van der Waals surface area contributed by atoms with E-state index in [-0.39, 0.29) is 6.04 Å². The van der Waals surface area contributed by atoms with Gasteiger partial charge in [0.05, 0.1) is 6.04 Å². The first-order chi connectivity index (χ1) is 27.1. The summed E-state index contributed by atoms with van der Waals surface area (Å²) in [5, 5.41) is 10.8. The van der Waals surface area contributed by atoms with Gasteiger partial charge < -0.3 is 11.1 Å². The van der Waals surface area contributed by atoms with Crippen LogP contribution in [0.15, 0.2) is 188 Å². The Kier molecular flexibility index (Phi) is 10.5. The number of fused-ring (bicyclic) bond motifs is 6. The normalized spacial score (nSPS) is 11.5. The summed E-state index contributed by atoms with van der Waals surface area (Å²) in [7, 11) is 0. The summed E-state index contributed by atoms with van der Waals surface area (Å²) in [6, 6.07) is 67.1. The average Bonchev–Trinajstić information content (AvgIpc) is 3.82. The maximum absolute atomic E-state index is 6.59. The number of hydrogen-bond acceptors (Lipinski definition) is 4. The van der Waals surface area contributed by atoms with Gasteiger partial charge in [-0.15, -0.1) is 22.7 Å². The highest BCUT2D eigenvalue weighted by Gasteiger charge is 2.13. The quantitative estimate of drug-likeness (QED) is 0.169. The van der Waals surface area contributed by atoms with Crippen molar-refractivity contribution in [3.63, 3.8) is 0 Å². The second kappa shape index (κ2) is 16.1. The first-order valence-electron chi connectivity index (χ1n) is 18.3. The monoisotopic (exact) mass is 744 g/mol. The van der Waals surface area contributed by atoms with Crippen molar-refractivity contribution >= 4 is 69.7 Å². The zero-order valence-corrected chi connectivity index (χ0v) is 32.2. The van der Waals surface area contributed by atoms with Gasteiger partial charge in [-0.1, -0.05) is 158 Å². The maximum Gasteiger partial charge on any atom is 0.0552 e. The molecule has 0 aliphatic rings. The van der Waals surface area contributed by atoms with E-state index in [0.717, 1.165) is 11.1 Å². The molecule has 4 heteroatoms. The fourth-order valence-corrected chi connectivity index (χ4v) is 9.59. The summed E-state index contributed by atoms with van der Waals surface area (Å²) in [6.07, 6.45) is 0. The van der Waals surface area contributed by atoms with Gasteiger partial charge in [-0.05, 0) is 94.0 Å². The summed E-state index contributed by atoms with van der Waals surface area (Å²) in [5.74, 6) is 0. The van der Waals surface area contributed by atoms with Gasteiger partial charge in [0, 0.05) is 40.3 Å². The lowest BCUT2D eigenvalue weighted by atomic mass is 9.96. The van der Waals surface area contributed by atoms with Crippen molar-refractivity contribution in [2.75, 3.05) is 0 Å². The highest BCUT2D eigenvalue weighted by Crippen LogP contribution is 2.38. The molecule has 0 aliphatic heterocycles. The van der Waals surface area contributed by atoms with Crippen LogP contribution in [0, 0.1) is 12.3 Å². The third kappa shape index (κ3) is 7.49. The van der Waals surface area contributed by atoms with Crippen molar-refractivity contribution in [2.24, 2.45) is 5.73 Å². The zero-order chi connectivity index (χ0) is 37.7. The van der Waals surface area contributed by atoms with Crippen molar-refractivity contribution in [2.45, 2.75) is 13.0 Å². The molecule has 0 amide bonds. The zero-order valence-electron chi connectivity index (χ0n) is 30.6. The molecule has 266 valence electrons. The van der Waals surface area contributed by atoms with Crippen LogP contribution < -0.4 is 5.73 Å². The molecule has 2 heterocycles. The smallest absolute Gasteiger partial charge is 0.0552 e. The fourth-order valence-electron chi connectivity index (χ4n) is 7.29. The van der Waals surface area contributed by atoms with Crippen LogP contribution in [0.5, 0.6) is 0 Å². The van der Waals surface area contributed by atoms with E-state index in [1.807, 2.05) is 28.7 Å². The van der Waals surface area contributed by atoms with Crippen LogP contribution in [0.1, 0.15) is 22.7 Å². The van der Waals surface area contributed by atoms with Gasteiger partial charge in [0.15, 0.2) is 0 Å². The molecule has 0 bridgehead atoms. The van der Waals surface area contributed by atoms with Crippen LogP contribution >= 0.6 is 22.7 Å². The van der Waals surface area contributed by atoms with E-state index in [0.29, 0.717) is 0 Å². The third-order valence-corrected chi connectivity index (χ3v) is 12.3. The molecule has 3 N–H and O–H groups in total. The molecule has 2 nitrogen and oxygen atoms in total. The van der Waals surface area contributed by atoms with Gasteiger partial charge in [0.1, 0.15) is 0 Å². The SMILES string of the molecule is C=N.Cc1cc(-c2ccccc2)cc(-c2ccc3c(c2)sc2ccccc23)c1.NC(c1ccc(-c2ccccc2)cc1)c1ccc2c(c1)sc1ccccc12. The number of thiophene rings is 2. The second-order valence-corrected chi connectivity index (χ2v) is 15.7. The Bertz CT molecular complexity index is 2870. The molecule has 1 atom stereocenters. The number of aryl methyl sites for hydroxylation is 1. The summed E-state index contributed by atoms with van der Waals surface area (Å²) >= 11 is 3.71. The summed E-state index contributed by atoms with van der Waals surface area (Å²) < 4.78 is 5.33. The largest absolute Gasteiger partial charge is 0.320 e. The molecule has 10 aromatic rings. The molecule has 0 saturated heterocycles. The standard InChI is InChI=1S/C25H19NS.C25H18S.CH3N/c26-25(19-12-10-18(11-13-19)17-6-2-1-3-7-17)20-14-15-22-21-8-4-5-9-23(21)27-24(22)16-20;1-17-13-20(18-7-3-2-4-8-18)15-21(14-17)19-11-12-23-22-9-5-6-10-24(22)26-25(23)16-19;1-2/h1-16,25H,26H2;2-16H,1H3;2H,1H2. The predicted molar refractivity (Wildman–Crippen MR) is 242 cm³/mol. The molecule has 0 fully saturated rings. The average molecular weight is 745 g/mol. The van der Waals surface area contributed by atoms with Crippen molar-refractivity contribution in [3.05, 3.63) is 205 Å². The summed E-state index contributed by atoms with van der Waals surface area (Å²) in [5.41, 5.74) is 17.7. The Morgan fingerprint density at radius 3 is 1.40 bits per heavy atom. The Morgan fingerprint density at radius 1 is 0.382 bits per heavy atom. The van der Waals surface area contributed by atoms with E-state index >= 15 is 0 Å². The predicted octanol–water partition coefficient (Wildman–Crippen LogP) is 14.7. The minimum Gasteiger partial charge on any atom is -0.320 e. The minimum atomic E-state index is -0.121. The molecule has 10 rings (SSSR count). The van der Waals surface area contributed by atoms with Crippen molar-refractivity contribution < 1.29 is 0 Å². The molecular weight excluding hydrogens is 705 g/mol. The van der Waals surface area contributed by atoms with Gasteiger partial charge in [-0.2, -0.15) is 0 Å². The lowest BCUT2D eigenvalue weighted by molar-refractivity contribution is 0.874. The van der Waals surface area contributed by atoms with E-state index in [4.69, 9.17) is 11.1 Å². The molecule has 2 aromatic heterocycles. The number of benzene rings is 8. The van der Waals surface area contributed by atoms with Crippen LogP contribution in [0.3, 0.4) is 0 Å². The third-order valence-electron chi connectivity index (χ3n) is 10.0. The fraction of sp³-hybridized carbons (Fsp3) is 0.0392. The van der Waals surface area contributed by atoms with Crippen molar-refractivity contribution in [1.82, 2.24) is 0 Å². The van der Waals surface area contributed by atoms with E-state index in [1.54, 1.807) is 0 Å². The molecule has 8 aromatic carbocycles. The van der Waals surface area contributed by atoms with Crippen molar-refractivity contribution in [1.29, 1.82) is 5.41 Å². The molecule has 1 unspecified atom stereocenters. The van der Waals surface area contributed by atoms with E-state index in [2.05, 4.69) is 196 Å². The van der Waals surface area contributed by atoms with Crippen LogP contribution in [0.25, 0.3) is 73.7 Å². The highest BCUT2D eigenvalue weighted by molar-refractivity contribution is 7.26. The molecule has 0 spiro atoms. The highest BCUT2D eigenvalue weighted by atomic mass is 32.1. The Morgan fingerprint density at radius 2 is 0.800 bits per heavy atom. The number of nitrogens with two attached hydrogens (primary N) is 1. The van der Waals surface area contributed by atoms with E-state index in [1.165, 1.54) is 79.3 Å². The summed E-state index contributed by atoms with van der Waals surface area (Å²) in [4.78, 5) is 0. The van der Waals surface area contributed by atoms with Gasteiger partial charge in [-0.3, -0.25) is 0 Å². The summed E-state index contributed by atoms with van der Waals surface area (Å²) in [6.45, 7) is 4.67. The molecule has 0 aliphatic carbocycles. The van der Waals surface area contributed by atoms with Gasteiger partial charge >= 0.3 is 0 Å². The molecule has 0 saturated carbocycles. The van der Waals surface area contributed by atoms with Gasteiger partial charge in [-0.25, -0.2) is 0 Å².